The maximum atomic E-state index is 13.8. The molecule has 0 amide bonds. The minimum absolute atomic E-state index is 0.0559. The van der Waals surface area contributed by atoms with Gasteiger partial charge in [0, 0.05) is 54.7 Å². The number of aromatic nitrogens is 2. The summed E-state index contributed by atoms with van der Waals surface area (Å²) in [6.07, 6.45) is -2.43. The van der Waals surface area contributed by atoms with Crippen LogP contribution in [0.2, 0.25) is 0 Å². The van der Waals surface area contributed by atoms with E-state index in [-0.39, 0.29) is 18.7 Å². The maximum absolute atomic E-state index is 13.8. The Kier molecular flexibility index (Phi) is 8.55. The molecule has 3 aromatic rings. The van der Waals surface area contributed by atoms with E-state index >= 15 is 0 Å². The normalized spacial score (nSPS) is 13.8. The van der Waals surface area contributed by atoms with Crippen LogP contribution in [0.1, 0.15) is 5.56 Å². The highest BCUT2D eigenvalue weighted by molar-refractivity contribution is 5.70. The quantitative estimate of drug-likeness (QED) is 0.160. The van der Waals surface area contributed by atoms with Crippen LogP contribution in [0.15, 0.2) is 73.6 Å². The Morgan fingerprint density at radius 3 is 2.59 bits per heavy atom. The minimum atomic E-state index is -4.68. The smallest absolute Gasteiger partial charge is 0.421 e. The summed E-state index contributed by atoms with van der Waals surface area (Å²) in [6.45, 7) is 8.92. The van der Waals surface area contributed by atoms with E-state index in [1.54, 1.807) is 36.4 Å². The lowest BCUT2D eigenvalue weighted by atomic mass is 10.1. The molecule has 1 saturated heterocycles. The molecule has 39 heavy (non-hydrogen) atoms. The number of methoxy groups -OCH3 is 1. The van der Waals surface area contributed by atoms with Crippen LogP contribution in [0, 0.1) is 0 Å². The van der Waals surface area contributed by atoms with Crippen LogP contribution in [-0.4, -0.2) is 54.3 Å². The molecule has 1 aliphatic rings. The van der Waals surface area contributed by atoms with Crippen molar-refractivity contribution in [1.82, 2.24) is 14.9 Å². The number of nitrogens with zero attached hydrogens (tertiary/aromatic N) is 3. The average molecular weight is 544 g/mol. The molecule has 0 unspecified atom stereocenters. The Balaban J connectivity index is 1.53. The number of rotatable bonds is 12. The molecule has 8 nitrogen and oxygen atoms in total. The topological polar surface area (TPSA) is 86.4 Å². The fraction of sp³-hybridized carbons (Fsp3) is 0.259. The number of hydrogen-bond donors (Lipinski definition) is 4. The van der Waals surface area contributed by atoms with Gasteiger partial charge in [-0.25, -0.2) is 9.37 Å². The van der Waals surface area contributed by atoms with Crippen molar-refractivity contribution in [2.75, 3.05) is 54.7 Å². The maximum Gasteiger partial charge on any atom is 0.421 e. The van der Waals surface area contributed by atoms with Crippen molar-refractivity contribution < 1.29 is 22.3 Å². The summed E-state index contributed by atoms with van der Waals surface area (Å²) in [5.41, 5.74) is 1.78. The Labute approximate surface area is 223 Å². The zero-order valence-corrected chi connectivity index (χ0v) is 21.3. The first kappa shape index (κ1) is 27.7. The van der Waals surface area contributed by atoms with Crippen LogP contribution in [0.4, 0.5) is 52.1 Å². The van der Waals surface area contributed by atoms with Crippen molar-refractivity contribution in [1.29, 1.82) is 0 Å². The zero-order chi connectivity index (χ0) is 28.0. The predicted molar refractivity (Wildman–Crippen MR) is 146 cm³/mol. The van der Waals surface area contributed by atoms with E-state index in [1.807, 2.05) is 11.0 Å². The van der Waals surface area contributed by atoms with E-state index in [9.17, 15) is 17.6 Å². The highest BCUT2D eigenvalue weighted by Gasteiger charge is 2.35. The lowest BCUT2D eigenvalue weighted by Gasteiger charge is -2.39. The summed E-state index contributed by atoms with van der Waals surface area (Å²) in [4.78, 5) is 10.00. The SMILES string of the molecule is C=CC(=C)Nc1cccc(Nc2nc(Nc3ccc(NC4CN(CCF)C4)cc3OC)ncc2C(F)(F)F)c1. The zero-order valence-electron chi connectivity index (χ0n) is 21.3. The molecule has 0 aliphatic carbocycles. The number of nitrogens with one attached hydrogen (secondary N) is 4. The molecule has 0 spiro atoms. The molecule has 1 fully saturated rings. The second-order valence-electron chi connectivity index (χ2n) is 8.84. The van der Waals surface area contributed by atoms with Gasteiger partial charge in [0.1, 0.15) is 23.8 Å². The van der Waals surface area contributed by atoms with Gasteiger partial charge in [-0.2, -0.15) is 18.2 Å². The molecule has 12 heteroatoms. The molecular formula is C27H29F4N7O. The van der Waals surface area contributed by atoms with E-state index in [0.717, 1.165) is 25.0 Å². The third kappa shape index (κ3) is 7.17. The minimum Gasteiger partial charge on any atom is -0.494 e. The molecule has 206 valence electrons. The van der Waals surface area contributed by atoms with Crippen molar-refractivity contribution in [3.8, 4) is 5.75 Å². The summed E-state index contributed by atoms with van der Waals surface area (Å²) < 4.78 is 59.2. The van der Waals surface area contributed by atoms with E-state index < -0.39 is 17.6 Å². The van der Waals surface area contributed by atoms with Gasteiger partial charge >= 0.3 is 6.18 Å². The van der Waals surface area contributed by atoms with Gasteiger partial charge in [0.15, 0.2) is 0 Å². The average Bonchev–Trinajstić information content (AvgIpc) is 2.88. The number of anilines is 6. The van der Waals surface area contributed by atoms with Gasteiger partial charge in [0.25, 0.3) is 0 Å². The number of hydrogen-bond acceptors (Lipinski definition) is 8. The summed E-state index contributed by atoms with van der Waals surface area (Å²) in [7, 11) is 1.49. The standard InChI is InChI=1S/C27H29F4N7O/c1-4-17(2)33-18-6-5-7-19(12-18)35-25-22(27(29,30)31)14-32-26(37-25)36-23-9-8-20(13-24(23)39-3)34-21-15-38(16-21)11-10-28/h4-9,12-14,21,33-34H,1-2,10-11,15-16H2,3H3,(H2,32,35,36,37). The number of halogens is 4. The highest BCUT2D eigenvalue weighted by Crippen LogP contribution is 2.37. The molecule has 4 rings (SSSR count). The van der Waals surface area contributed by atoms with E-state index in [2.05, 4.69) is 44.4 Å². The first-order valence-electron chi connectivity index (χ1n) is 12.1. The monoisotopic (exact) mass is 543 g/mol. The Morgan fingerprint density at radius 1 is 1.13 bits per heavy atom. The fourth-order valence-electron chi connectivity index (χ4n) is 4.00. The predicted octanol–water partition coefficient (Wildman–Crippen LogP) is 6.17. The second kappa shape index (κ2) is 12.0. The van der Waals surface area contributed by atoms with Crippen molar-refractivity contribution in [3.05, 3.63) is 79.2 Å². The van der Waals surface area contributed by atoms with Gasteiger partial charge in [-0.15, -0.1) is 0 Å². The number of likely N-dealkylation sites (tertiary alicyclic amines) is 1. The number of benzene rings is 2. The second-order valence-corrected chi connectivity index (χ2v) is 8.84. The van der Waals surface area contributed by atoms with E-state index in [4.69, 9.17) is 4.74 Å². The van der Waals surface area contributed by atoms with Gasteiger partial charge < -0.3 is 26.0 Å². The van der Waals surface area contributed by atoms with Gasteiger partial charge in [0.05, 0.1) is 18.8 Å². The summed E-state index contributed by atoms with van der Waals surface area (Å²) in [6, 6.07) is 12.1. The molecular weight excluding hydrogens is 514 g/mol. The third-order valence-electron chi connectivity index (χ3n) is 5.95. The molecule has 0 bridgehead atoms. The largest absolute Gasteiger partial charge is 0.494 e. The molecule has 4 N–H and O–H groups in total. The Hall–Kier alpha value is -4.32. The van der Waals surface area contributed by atoms with Crippen molar-refractivity contribution >= 4 is 34.5 Å². The van der Waals surface area contributed by atoms with Gasteiger partial charge in [-0.3, -0.25) is 4.90 Å². The van der Waals surface area contributed by atoms with Gasteiger partial charge in [0.2, 0.25) is 5.95 Å². The third-order valence-corrected chi connectivity index (χ3v) is 5.95. The number of alkyl halides is 4. The highest BCUT2D eigenvalue weighted by atomic mass is 19.4. The fourth-order valence-corrected chi connectivity index (χ4v) is 4.00. The molecule has 2 aromatic carbocycles. The van der Waals surface area contributed by atoms with Crippen molar-refractivity contribution in [2.45, 2.75) is 12.2 Å². The van der Waals surface area contributed by atoms with Crippen LogP contribution in [-0.2, 0) is 6.18 Å². The number of ether oxygens (including phenoxy) is 1. The van der Waals surface area contributed by atoms with Crippen LogP contribution in [0.25, 0.3) is 0 Å². The summed E-state index contributed by atoms with van der Waals surface area (Å²) in [5, 5.41) is 12.0. The van der Waals surface area contributed by atoms with Crippen molar-refractivity contribution in [2.24, 2.45) is 0 Å². The lowest BCUT2D eigenvalue weighted by Crippen LogP contribution is -2.55. The van der Waals surface area contributed by atoms with Crippen molar-refractivity contribution in [3.63, 3.8) is 0 Å². The van der Waals surface area contributed by atoms with E-state index in [1.165, 1.54) is 13.2 Å². The van der Waals surface area contributed by atoms with Crippen LogP contribution >= 0.6 is 0 Å². The number of allylic oxidation sites excluding steroid dienone is 1. The molecule has 2 heterocycles. The molecule has 1 aromatic heterocycles. The molecule has 0 atom stereocenters. The lowest BCUT2D eigenvalue weighted by molar-refractivity contribution is -0.137. The van der Waals surface area contributed by atoms with Gasteiger partial charge in [-0.1, -0.05) is 19.2 Å². The summed E-state index contributed by atoms with van der Waals surface area (Å²) >= 11 is 0. The van der Waals surface area contributed by atoms with Gasteiger partial charge in [-0.05, 0) is 36.4 Å². The molecule has 1 aliphatic heterocycles. The Morgan fingerprint density at radius 2 is 1.90 bits per heavy atom. The molecule has 0 saturated carbocycles. The summed E-state index contributed by atoms with van der Waals surface area (Å²) in [5.74, 6) is -0.0291. The first-order valence-corrected chi connectivity index (χ1v) is 12.1. The van der Waals surface area contributed by atoms with Crippen LogP contribution in [0.3, 0.4) is 0 Å². The van der Waals surface area contributed by atoms with Crippen LogP contribution in [0.5, 0.6) is 5.75 Å². The molecule has 0 radical (unpaired) electrons. The van der Waals surface area contributed by atoms with E-state index in [0.29, 0.717) is 35.1 Å². The first-order chi connectivity index (χ1) is 18.7. The van der Waals surface area contributed by atoms with Crippen LogP contribution < -0.4 is 26.0 Å². The Bertz CT molecular complexity index is 1330.